The number of piperidine rings is 1. The molecule has 40 heavy (non-hydrogen) atoms. The lowest BCUT2D eigenvalue weighted by Crippen LogP contribution is -2.42. The standard InChI is InChI=1S/C30H27N5O3S2/c1-19-15-21(18-31)16-20(2)27(19)38-29-28-26(11-14-39-28)33-30(34-29)32-24-9-12-35(13-10-24)40(36,37)25-8-7-22-5-3-4-6-23(22)17-25/h3-8,11,14-17,24H,9-10,12-13H2,1-2H3,(H,32,33,34). The smallest absolute Gasteiger partial charge is 0.243 e. The zero-order chi connectivity index (χ0) is 27.9. The van der Waals surface area contributed by atoms with E-state index in [1.165, 1.54) is 11.3 Å². The van der Waals surface area contributed by atoms with Crippen molar-refractivity contribution in [3.63, 3.8) is 0 Å². The van der Waals surface area contributed by atoms with Gasteiger partial charge in [0.25, 0.3) is 0 Å². The highest BCUT2D eigenvalue weighted by Crippen LogP contribution is 2.36. The SMILES string of the molecule is Cc1cc(C#N)cc(C)c1Oc1nc(NC2CCN(S(=O)(=O)c3ccc4ccccc4c3)CC2)nc2ccsc12. The van der Waals surface area contributed by atoms with Gasteiger partial charge in [-0.1, -0.05) is 30.3 Å². The minimum absolute atomic E-state index is 0.0189. The van der Waals surface area contributed by atoms with Gasteiger partial charge in [-0.05, 0) is 84.3 Å². The van der Waals surface area contributed by atoms with Gasteiger partial charge in [0.05, 0.1) is 22.0 Å². The fraction of sp³-hybridized carbons (Fsp3) is 0.233. The number of nitrogens with one attached hydrogen (secondary N) is 1. The first-order valence-electron chi connectivity index (χ1n) is 13.0. The van der Waals surface area contributed by atoms with Gasteiger partial charge in [0.15, 0.2) is 0 Å². The third-order valence-electron chi connectivity index (χ3n) is 7.21. The summed E-state index contributed by atoms with van der Waals surface area (Å²) in [5.74, 6) is 1.57. The first kappa shape index (κ1) is 26.2. The van der Waals surface area contributed by atoms with Gasteiger partial charge >= 0.3 is 0 Å². The maximum Gasteiger partial charge on any atom is 0.243 e. The fourth-order valence-electron chi connectivity index (χ4n) is 5.14. The number of aromatic nitrogens is 2. The Balaban J connectivity index is 1.18. The summed E-state index contributed by atoms with van der Waals surface area (Å²) in [6.45, 7) is 4.63. The average Bonchev–Trinajstić information content (AvgIpc) is 3.44. The van der Waals surface area contributed by atoms with Crippen LogP contribution in [0.2, 0.25) is 0 Å². The molecule has 0 aliphatic carbocycles. The molecule has 10 heteroatoms. The highest BCUT2D eigenvalue weighted by atomic mass is 32.2. The molecular formula is C30H27N5O3S2. The van der Waals surface area contributed by atoms with Crippen molar-refractivity contribution in [3.8, 4) is 17.7 Å². The van der Waals surface area contributed by atoms with Crippen molar-refractivity contribution >= 4 is 48.3 Å². The van der Waals surface area contributed by atoms with Crippen LogP contribution >= 0.6 is 11.3 Å². The lowest BCUT2D eigenvalue weighted by Gasteiger charge is -2.31. The first-order chi connectivity index (χ1) is 19.3. The zero-order valence-corrected chi connectivity index (χ0v) is 23.7. The number of aryl methyl sites for hydroxylation is 2. The van der Waals surface area contributed by atoms with Crippen LogP contribution in [0.4, 0.5) is 5.95 Å². The van der Waals surface area contributed by atoms with Crippen molar-refractivity contribution in [2.45, 2.75) is 37.6 Å². The Labute approximate surface area is 236 Å². The van der Waals surface area contributed by atoms with Gasteiger partial charge < -0.3 is 10.1 Å². The molecule has 0 amide bonds. The van der Waals surface area contributed by atoms with Crippen LogP contribution < -0.4 is 10.1 Å². The van der Waals surface area contributed by atoms with Crippen molar-refractivity contribution in [1.29, 1.82) is 5.26 Å². The molecule has 0 radical (unpaired) electrons. The molecule has 0 atom stereocenters. The Morgan fingerprint density at radius 3 is 2.45 bits per heavy atom. The lowest BCUT2D eigenvalue weighted by atomic mass is 10.1. The van der Waals surface area contributed by atoms with Crippen molar-refractivity contribution in [1.82, 2.24) is 14.3 Å². The Hall–Kier alpha value is -4.04. The molecule has 0 unspecified atom stereocenters. The monoisotopic (exact) mass is 569 g/mol. The van der Waals surface area contributed by atoms with Gasteiger partial charge in [0, 0.05) is 19.1 Å². The lowest BCUT2D eigenvalue weighted by molar-refractivity contribution is 0.329. The number of ether oxygens (including phenoxy) is 1. The number of anilines is 1. The Bertz CT molecular complexity index is 1860. The highest BCUT2D eigenvalue weighted by Gasteiger charge is 2.30. The number of rotatable bonds is 6. The fourth-order valence-corrected chi connectivity index (χ4v) is 7.40. The Morgan fingerprint density at radius 1 is 1.00 bits per heavy atom. The van der Waals surface area contributed by atoms with Crippen molar-refractivity contribution in [2.24, 2.45) is 0 Å². The molecule has 0 saturated carbocycles. The van der Waals surface area contributed by atoms with E-state index in [-0.39, 0.29) is 6.04 Å². The number of hydrogen-bond donors (Lipinski definition) is 1. The minimum Gasteiger partial charge on any atom is -0.437 e. The molecule has 0 bridgehead atoms. The average molecular weight is 570 g/mol. The van der Waals surface area contributed by atoms with Gasteiger partial charge in [-0.25, -0.2) is 13.4 Å². The van der Waals surface area contributed by atoms with Gasteiger partial charge in [0.1, 0.15) is 10.4 Å². The number of nitrogens with zero attached hydrogens (tertiary/aromatic N) is 4. The van der Waals surface area contributed by atoms with Gasteiger partial charge in [-0.15, -0.1) is 11.3 Å². The molecule has 5 aromatic rings. The van der Waals surface area contributed by atoms with Crippen LogP contribution in [0.5, 0.6) is 11.6 Å². The van der Waals surface area contributed by atoms with Gasteiger partial charge in [0.2, 0.25) is 21.9 Å². The first-order valence-corrected chi connectivity index (χ1v) is 15.3. The summed E-state index contributed by atoms with van der Waals surface area (Å²) in [6.07, 6.45) is 1.25. The van der Waals surface area contributed by atoms with E-state index in [0.29, 0.717) is 54.0 Å². The number of sulfonamides is 1. The molecule has 1 N–H and O–H groups in total. The van der Waals surface area contributed by atoms with Crippen LogP contribution in [-0.2, 0) is 10.0 Å². The van der Waals surface area contributed by atoms with E-state index in [0.717, 1.165) is 32.1 Å². The Morgan fingerprint density at radius 2 is 1.73 bits per heavy atom. The summed E-state index contributed by atoms with van der Waals surface area (Å²) in [5.41, 5.74) is 3.07. The second-order valence-electron chi connectivity index (χ2n) is 9.97. The predicted molar refractivity (Wildman–Crippen MR) is 157 cm³/mol. The number of thiophene rings is 1. The van der Waals surface area contributed by atoms with Crippen LogP contribution in [0, 0.1) is 25.2 Å². The quantitative estimate of drug-likeness (QED) is 0.252. The predicted octanol–water partition coefficient (Wildman–Crippen LogP) is 6.39. The molecule has 1 fully saturated rings. The van der Waals surface area contributed by atoms with E-state index >= 15 is 0 Å². The van der Waals surface area contributed by atoms with Crippen LogP contribution in [-0.4, -0.2) is 41.8 Å². The van der Waals surface area contributed by atoms with E-state index in [4.69, 9.17) is 9.72 Å². The van der Waals surface area contributed by atoms with E-state index in [1.54, 1.807) is 28.6 Å². The molecule has 0 spiro atoms. The summed E-state index contributed by atoms with van der Waals surface area (Å²) in [6, 6.07) is 20.8. The van der Waals surface area contributed by atoms with Crippen LogP contribution in [0.25, 0.3) is 21.0 Å². The molecule has 3 aromatic carbocycles. The summed E-state index contributed by atoms with van der Waals surface area (Å²) in [5, 5.41) is 16.6. The highest BCUT2D eigenvalue weighted by molar-refractivity contribution is 7.89. The molecule has 1 aliphatic heterocycles. The second kappa shape index (κ2) is 10.5. The molecule has 2 aromatic heterocycles. The van der Waals surface area contributed by atoms with Crippen molar-refractivity contribution < 1.29 is 13.2 Å². The third kappa shape index (κ3) is 4.99. The van der Waals surface area contributed by atoms with E-state index in [2.05, 4.69) is 16.4 Å². The van der Waals surface area contributed by atoms with Crippen LogP contribution in [0.1, 0.15) is 29.5 Å². The molecule has 1 aliphatic rings. The summed E-state index contributed by atoms with van der Waals surface area (Å²) in [4.78, 5) is 9.70. The largest absolute Gasteiger partial charge is 0.437 e. The zero-order valence-electron chi connectivity index (χ0n) is 22.1. The second-order valence-corrected chi connectivity index (χ2v) is 12.8. The maximum atomic E-state index is 13.4. The Kier molecular flexibility index (Phi) is 6.88. The van der Waals surface area contributed by atoms with E-state index in [9.17, 15) is 13.7 Å². The third-order valence-corrected chi connectivity index (χ3v) is 9.99. The van der Waals surface area contributed by atoms with Gasteiger partial charge in [-0.2, -0.15) is 14.6 Å². The normalized spacial score (nSPS) is 14.8. The molecule has 8 nitrogen and oxygen atoms in total. The summed E-state index contributed by atoms with van der Waals surface area (Å²) in [7, 11) is -3.59. The number of benzene rings is 3. The summed E-state index contributed by atoms with van der Waals surface area (Å²) < 4.78 is 35.4. The molecule has 6 rings (SSSR count). The van der Waals surface area contributed by atoms with Crippen LogP contribution in [0.3, 0.4) is 0 Å². The number of hydrogen-bond acceptors (Lipinski definition) is 8. The molecular weight excluding hydrogens is 542 g/mol. The summed E-state index contributed by atoms with van der Waals surface area (Å²) >= 11 is 1.51. The van der Waals surface area contributed by atoms with Gasteiger partial charge in [-0.3, -0.25) is 0 Å². The van der Waals surface area contributed by atoms with Crippen molar-refractivity contribution in [3.05, 3.63) is 82.7 Å². The van der Waals surface area contributed by atoms with E-state index < -0.39 is 10.0 Å². The van der Waals surface area contributed by atoms with Crippen molar-refractivity contribution in [2.75, 3.05) is 18.4 Å². The topological polar surface area (TPSA) is 108 Å². The number of fused-ring (bicyclic) bond motifs is 2. The molecule has 3 heterocycles. The maximum absolute atomic E-state index is 13.4. The minimum atomic E-state index is -3.59. The molecule has 1 saturated heterocycles. The molecule has 202 valence electrons. The van der Waals surface area contributed by atoms with Crippen LogP contribution in [0.15, 0.2) is 70.9 Å². The number of nitriles is 1. The van der Waals surface area contributed by atoms with E-state index in [1.807, 2.05) is 55.6 Å².